The number of rotatable bonds is 22. The molecule has 0 N–H and O–H groups in total. The lowest BCUT2D eigenvalue weighted by Gasteiger charge is -2.04. The van der Waals surface area contributed by atoms with Crippen LogP contribution in [0, 0.1) is 0 Å². The fourth-order valence-electron chi connectivity index (χ4n) is 3.32. The number of esters is 2. The Morgan fingerprint density at radius 2 is 0.688 bits per heavy atom. The van der Waals surface area contributed by atoms with Crippen molar-refractivity contribution in [1.29, 1.82) is 0 Å². The molecule has 0 saturated carbocycles. The van der Waals surface area contributed by atoms with Crippen molar-refractivity contribution >= 4 is 11.9 Å². The van der Waals surface area contributed by atoms with Gasteiger partial charge in [0.2, 0.25) is 0 Å². The van der Waals surface area contributed by atoms with Gasteiger partial charge in [0.05, 0.1) is 13.2 Å². The van der Waals surface area contributed by atoms with Crippen LogP contribution in [0.3, 0.4) is 0 Å². The molecule has 0 spiro atoms. The van der Waals surface area contributed by atoms with Crippen LogP contribution in [0.15, 0.2) is 0 Å². The Kier molecular flexibility index (Phi) is 31.0. The van der Waals surface area contributed by atoms with E-state index in [1.54, 1.807) is 0 Å². The average Bonchev–Trinajstić information content (AvgIpc) is 2.79. The number of carbonyl (C=O) groups is 2. The summed E-state index contributed by atoms with van der Waals surface area (Å²) < 4.78 is 10.3. The highest BCUT2D eigenvalue weighted by molar-refractivity contribution is 5.69. The molecule has 0 saturated heterocycles. The Morgan fingerprint density at radius 1 is 0.406 bits per heavy atom. The molecule has 4 heteroatoms. The fraction of sp³-hybridized carbons (Fsp3) is 0.929. The van der Waals surface area contributed by atoms with Crippen molar-refractivity contribution in [2.45, 2.75) is 156 Å². The second-order valence-electron chi connectivity index (χ2n) is 8.89. The van der Waals surface area contributed by atoms with Crippen molar-refractivity contribution in [3.05, 3.63) is 0 Å². The molecule has 0 unspecified atom stereocenters. The Balaban J connectivity index is 0. The van der Waals surface area contributed by atoms with Crippen LogP contribution >= 0.6 is 0 Å². The van der Waals surface area contributed by atoms with Gasteiger partial charge in [0.25, 0.3) is 0 Å². The summed E-state index contributed by atoms with van der Waals surface area (Å²) in [6, 6.07) is 0. The molecule has 192 valence electrons. The van der Waals surface area contributed by atoms with E-state index < -0.39 is 0 Å². The molecule has 0 atom stereocenters. The molecule has 0 radical (unpaired) electrons. The molecule has 0 rings (SSSR count). The summed E-state index contributed by atoms with van der Waals surface area (Å²) in [5, 5.41) is 0. The van der Waals surface area contributed by atoms with Gasteiger partial charge in [-0.15, -0.1) is 0 Å². The molecular formula is C28H56O4. The molecule has 0 aromatic heterocycles. The van der Waals surface area contributed by atoms with Gasteiger partial charge < -0.3 is 9.47 Å². The molecule has 0 aromatic rings. The molecule has 0 aliphatic carbocycles. The van der Waals surface area contributed by atoms with E-state index in [-0.39, 0.29) is 11.9 Å². The molecule has 0 bridgehead atoms. The lowest BCUT2D eigenvalue weighted by atomic mass is 10.1. The van der Waals surface area contributed by atoms with Gasteiger partial charge in [0, 0.05) is 12.8 Å². The highest BCUT2D eigenvalue weighted by Gasteiger charge is 2.02. The minimum atomic E-state index is -0.0186. The van der Waals surface area contributed by atoms with Crippen molar-refractivity contribution in [1.82, 2.24) is 0 Å². The first kappa shape index (κ1) is 33.1. The fourth-order valence-corrected chi connectivity index (χ4v) is 3.32. The highest BCUT2D eigenvalue weighted by Crippen LogP contribution is 2.08. The van der Waals surface area contributed by atoms with Crippen molar-refractivity contribution in [2.75, 3.05) is 13.2 Å². The monoisotopic (exact) mass is 456 g/mol. The summed E-state index contributed by atoms with van der Waals surface area (Å²) >= 11 is 0. The highest BCUT2D eigenvalue weighted by atomic mass is 16.5. The van der Waals surface area contributed by atoms with Crippen molar-refractivity contribution in [2.24, 2.45) is 0 Å². The van der Waals surface area contributed by atoms with Gasteiger partial charge in [0.1, 0.15) is 0 Å². The van der Waals surface area contributed by atoms with E-state index >= 15 is 0 Å². The zero-order valence-corrected chi connectivity index (χ0v) is 22.2. The van der Waals surface area contributed by atoms with E-state index in [2.05, 4.69) is 27.7 Å². The summed E-state index contributed by atoms with van der Waals surface area (Å²) in [6.07, 6.45) is 22.5. The summed E-state index contributed by atoms with van der Waals surface area (Å²) in [5.74, 6) is -0.0185. The van der Waals surface area contributed by atoms with Gasteiger partial charge in [-0.1, -0.05) is 118 Å². The maximum atomic E-state index is 11.4. The zero-order valence-electron chi connectivity index (χ0n) is 22.2. The van der Waals surface area contributed by atoms with Crippen LogP contribution in [0.25, 0.3) is 0 Å². The molecule has 0 fully saturated rings. The van der Waals surface area contributed by atoms with E-state index in [1.165, 1.54) is 77.0 Å². The topological polar surface area (TPSA) is 52.6 Å². The average molecular weight is 457 g/mol. The van der Waals surface area contributed by atoms with Crippen LogP contribution in [0.2, 0.25) is 0 Å². The summed E-state index contributed by atoms with van der Waals surface area (Å²) in [5.41, 5.74) is 0. The smallest absolute Gasteiger partial charge is 0.305 e. The number of ether oxygens (including phenoxy) is 2. The van der Waals surface area contributed by atoms with Gasteiger partial charge in [-0.25, -0.2) is 0 Å². The van der Waals surface area contributed by atoms with Gasteiger partial charge in [-0.05, 0) is 25.7 Å². The SMILES string of the molecule is CCCCCCCCOC(=O)CCCCCCC.CCCCCCOC(=O)CCCCC. The van der Waals surface area contributed by atoms with Crippen molar-refractivity contribution in [3.63, 3.8) is 0 Å². The predicted molar refractivity (Wildman–Crippen MR) is 137 cm³/mol. The van der Waals surface area contributed by atoms with Crippen LogP contribution in [-0.2, 0) is 19.1 Å². The first-order valence-corrected chi connectivity index (χ1v) is 13.9. The number of hydrogen-bond donors (Lipinski definition) is 0. The maximum absolute atomic E-state index is 11.4. The minimum Gasteiger partial charge on any atom is -0.466 e. The van der Waals surface area contributed by atoms with Gasteiger partial charge in [-0.3, -0.25) is 9.59 Å². The zero-order chi connectivity index (χ0) is 24.1. The van der Waals surface area contributed by atoms with Crippen LogP contribution in [-0.4, -0.2) is 25.2 Å². The Bertz CT molecular complexity index is 382. The van der Waals surface area contributed by atoms with E-state index in [9.17, 15) is 9.59 Å². The standard InChI is InChI=1S/C16H32O2.C12H24O2/c1-3-5-7-9-11-13-15-18-16(17)14-12-10-8-6-4-2;1-3-5-7-9-11-14-12(13)10-8-6-4-2/h3-15H2,1-2H3;3-11H2,1-2H3. The Labute approximate surface area is 200 Å². The van der Waals surface area contributed by atoms with E-state index in [0.717, 1.165) is 38.5 Å². The largest absolute Gasteiger partial charge is 0.466 e. The van der Waals surface area contributed by atoms with Gasteiger partial charge in [0.15, 0.2) is 0 Å². The van der Waals surface area contributed by atoms with Crippen LogP contribution in [0.1, 0.15) is 156 Å². The maximum Gasteiger partial charge on any atom is 0.305 e. The van der Waals surface area contributed by atoms with Crippen LogP contribution in [0.5, 0.6) is 0 Å². The van der Waals surface area contributed by atoms with Gasteiger partial charge in [-0.2, -0.15) is 0 Å². The molecule has 32 heavy (non-hydrogen) atoms. The molecule has 4 nitrogen and oxygen atoms in total. The lowest BCUT2D eigenvalue weighted by molar-refractivity contribution is -0.144. The first-order chi connectivity index (χ1) is 15.6. The van der Waals surface area contributed by atoms with E-state index in [0.29, 0.717) is 26.1 Å². The third kappa shape index (κ3) is 31.1. The van der Waals surface area contributed by atoms with E-state index in [4.69, 9.17) is 9.47 Å². The minimum absolute atomic E-state index is 0.0000525. The van der Waals surface area contributed by atoms with Crippen molar-refractivity contribution in [3.8, 4) is 0 Å². The molecule has 0 aliphatic rings. The third-order valence-electron chi connectivity index (χ3n) is 5.49. The number of unbranched alkanes of at least 4 members (excludes halogenated alkanes) is 14. The van der Waals surface area contributed by atoms with Gasteiger partial charge >= 0.3 is 11.9 Å². The molecule has 0 heterocycles. The Morgan fingerprint density at radius 3 is 1.12 bits per heavy atom. The Hall–Kier alpha value is -1.06. The summed E-state index contributed by atoms with van der Waals surface area (Å²) in [7, 11) is 0. The quantitative estimate of drug-likeness (QED) is 0.120. The third-order valence-corrected chi connectivity index (χ3v) is 5.49. The van der Waals surface area contributed by atoms with E-state index in [1.807, 2.05) is 0 Å². The molecule has 0 aromatic carbocycles. The number of hydrogen-bond acceptors (Lipinski definition) is 4. The summed E-state index contributed by atoms with van der Waals surface area (Å²) in [6.45, 7) is 9.98. The normalized spacial score (nSPS) is 10.4. The number of carbonyl (C=O) groups excluding carboxylic acids is 2. The molecule has 0 amide bonds. The first-order valence-electron chi connectivity index (χ1n) is 13.9. The summed E-state index contributed by atoms with van der Waals surface area (Å²) in [4.78, 5) is 22.5. The predicted octanol–water partition coefficient (Wildman–Crippen LogP) is 8.94. The lowest BCUT2D eigenvalue weighted by Crippen LogP contribution is -2.05. The van der Waals surface area contributed by atoms with Crippen LogP contribution in [0.4, 0.5) is 0 Å². The second-order valence-corrected chi connectivity index (χ2v) is 8.89. The molecule has 0 aliphatic heterocycles. The van der Waals surface area contributed by atoms with Crippen molar-refractivity contribution < 1.29 is 19.1 Å². The molecular weight excluding hydrogens is 400 g/mol. The van der Waals surface area contributed by atoms with Crippen LogP contribution < -0.4 is 0 Å². The second kappa shape index (κ2) is 29.9.